The fourth-order valence-electron chi connectivity index (χ4n) is 1.22. The normalized spacial score (nSPS) is 10.9. The first-order valence-electron chi connectivity index (χ1n) is 4.29. The first-order valence-corrected chi connectivity index (χ1v) is 5.28. The van der Waals surface area contributed by atoms with Gasteiger partial charge in [0.2, 0.25) is 0 Å². The van der Waals surface area contributed by atoms with Gasteiger partial charge in [-0.3, -0.25) is 0 Å². The molecule has 4 N–H and O–H groups in total. The van der Waals surface area contributed by atoms with Gasteiger partial charge >= 0.3 is 0 Å². The molecule has 0 atom stereocenters. The van der Waals surface area contributed by atoms with Crippen molar-refractivity contribution >= 4 is 28.4 Å². The average molecular weight is 209 g/mol. The van der Waals surface area contributed by atoms with Crippen molar-refractivity contribution in [2.75, 3.05) is 18.0 Å². The van der Waals surface area contributed by atoms with Crippen LogP contribution >= 0.6 is 11.8 Å². The molecule has 1 aromatic carbocycles. The van der Waals surface area contributed by atoms with Gasteiger partial charge in [-0.25, -0.2) is 0 Å². The molecule has 74 valence electrons. The van der Waals surface area contributed by atoms with E-state index in [-0.39, 0.29) is 0 Å². The lowest BCUT2D eigenvalue weighted by molar-refractivity contribution is 0.438. The van der Waals surface area contributed by atoms with Crippen LogP contribution in [0.4, 0.5) is 5.69 Å². The standard InChI is InChI=1S/C9H11N3OS/c10-4-5-14-9-6-2-1-3-7(11)8(6)13-12-9/h1-3H,4-5,10-11H2. The highest BCUT2D eigenvalue weighted by molar-refractivity contribution is 7.99. The van der Waals surface area contributed by atoms with Crippen LogP contribution in [0, 0.1) is 0 Å². The van der Waals surface area contributed by atoms with Crippen molar-refractivity contribution in [2.24, 2.45) is 5.73 Å². The van der Waals surface area contributed by atoms with E-state index in [9.17, 15) is 0 Å². The summed E-state index contributed by atoms with van der Waals surface area (Å²) in [6.07, 6.45) is 0. The predicted molar refractivity (Wildman–Crippen MR) is 58.2 cm³/mol. The number of hydrogen-bond acceptors (Lipinski definition) is 5. The van der Waals surface area contributed by atoms with Gasteiger partial charge in [0.1, 0.15) is 5.03 Å². The van der Waals surface area contributed by atoms with Crippen LogP contribution < -0.4 is 11.5 Å². The molecule has 0 saturated carbocycles. The second kappa shape index (κ2) is 3.89. The topological polar surface area (TPSA) is 78.1 Å². The van der Waals surface area contributed by atoms with Gasteiger partial charge in [0, 0.05) is 12.3 Å². The second-order valence-corrected chi connectivity index (χ2v) is 3.93. The Labute approximate surface area is 85.6 Å². The minimum absolute atomic E-state index is 0.620. The molecule has 14 heavy (non-hydrogen) atoms. The van der Waals surface area contributed by atoms with Gasteiger partial charge in [-0.05, 0) is 12.1 Å². The van der Waals surface area contributed by atoms with Crippen LogP contribution in [0.15, 0.2) is 27.7 Å². The molecule has 0 radical (unpaired) electrons. The lowest BCUT2D eigenvalue weighted by Crippen LogP contribution is -2.00. The molecule has 0 aliphatic heterocycles. The lowest BCUT2D eigenvalue weighted by Gasteiger charge is -1.94. The Morgan fingerprint density at radius 3 is 3.07 bits per heavy atom. The zero-order valence-electron chi connectivity index (χ0n) is 7.56. The maximum Gasteiger partial charge on any atom is 0.190 e. The largest absolute Gasteiger partial charge is 0.396 e. The van der Waals surface area contributed by atoms with Crippen LogP contribution in [0.2, 0.25) is 0 Å². The van der Waals surface area contributed by atoms with Crippen LogP contribution in [0.5, 0.6) is 0 Å². The molecular formula is C9H11N3OS. The third kappa shape index (κ3) is 1.56. The Morgan fingerprint density at radius 2 is 2.29 bits per heavy atom. The Kier molecular flexibility index (Phi) is 2.60. The lowest BCUT2D eigenvalue weighted by atomic mass is 10.2. The van der Waals surface area contributed by atoms with Crippen LogP contribution in [0.3, 0.4) is 0 Å². The van der Waals surface area contributed by atoms with Gasteiger partial charge in [-0.2, -0.15) is 0 Å². The molecule has 0 amide bonds. The molecule has 2 rings (SSSR count). The van der Waals surface area contributed by atoms with E-state index in [0.717, 1.165) is 16.2 Å². The summed E-state index contributed by atoms with van der Waals surface area (Å²) in [6.45, 7) is 0.626. The van der Waals surface area contributed by atoms with Crippen molar-refractivity contribution < 1.29 is 4.52 Å². The van der Waals surface area contributed by atoms with Gasteiger partial charge in [-0.1, -0.05) is 11.2 Å². The van der Waals surface area contributed by atoms with Crippen molar-refractivity contribution in [1.82, 2.24) is 5.16 Å². The van der Waals surface area contributed by atoms with Crippen molar-refractivity contribution in [2.45, 2.75) is 5.03 Å². The monoisotopic (exact) mass is 209 g/mol. The molecule has 0 bridgehead atoms. The third-order valence-electron chi connectivity index (χ3n) is 1.85. The molecule has 1 aromatic heterocycles. The summed E-state index contributed by atoms with van der Waals surface area (Å²) in [4.78, 5) is 0. The van der Waals surface area contributed by atoms with Crippen LogP contribution in [-0.2, 0) is 0 Å². The van der Waals surface area contributed by atoms with Crippen molar-refractivity contribution in [3.05, 3.63) is 18.2 Å². The molecule has 0 fully saturated rings. The van der Waals surface area contributed by atoms with E-state index in [4.69, 9.17) is 16.0 Å². The SMILES string of the molecule is NCCSc1noc2c(N)cccc12. The van der Waals surface area contributed by atoms with Crippen molar-refractivity contribution in [1.29, 1.82) is 0 Å². The van der Waals surface area contributed by atoms with Crippen LogP contribution in [-0.4, -0.2) is 17.5 Å². The van der Waals surface area contributed by atoms with Gasteiger partial charge in [-0.15, -0.1) is 11.8 Å². The zero-order valence-corrected chi connectivity index (χ0v) is 8.38. The second-order valence-electron chi connectivity index (χ2n) is 2.85. The quantitative estimate of drug-likeness (QED) is 0.591. The number of benzene rings is 1. The molecule has 2 aromatic rings. The number of para-hydroxylation sites is 1. The van der Waals surface area contributed by atoms with E-state index in [1.54, 1.807) is 17.8 Å². The van der Waals surface area contributed by atoms with E-state index in [1.807, 2.05) is 12.1 Å². The first-order chi connectivity index (χ1) is 6.83. The van der Waals surface area contributed by atoms with Gasteiger partial charge in [0.15, 0.2) is 5.58 Å². The van der Waals surface area contributed by atoms with Gasteiger partial charge in [0.25, 0.3) is 0 Å². The van der Waals surface area contributed by atoms with E-state index in [0.29, 0.717) is 17.8 Å². The number of thioether (sulfide) groups is 1. The Morgan fingerprint density at radius 1 is 1.43 bits per heavy atom. The molecule has 0 spiro atoms. The summed E-state index contributed by atoms with van der Waals surface area (Å²) in [5, 5.41) is 5.77. The number of nitrogen functional groups attached to an aromatic ring is 1. The highest BCUT2D eigenvalue weighted by Crippen LogP contribution is 2.29. The molecule has 0 unspecified atom stereocenters. The molecule has 0 aliphatic carbocycles. The van der Waals surface area contributed by atoms with E-state index in [2.05, 4.69) is 5.16 Å². The zero-order chi connectivity index (χ0) is 9.97. The van der Waals surface area contributed by atoms with E-state index < -0.39 is 0 Å². The molecule has 5 heteroatoms. The van der Waals surface area contributed by atoms with Crippen LogP contribution in [0.1, 0.15) is 0 Å². The fraction of sp³-hybridized carbons (Fsp3) is 0.222. The van der Waals surface area contributed by atoms with Crippen molar-refractivity contribution in [3.8, 4) is 0 Å². The minimum atomic E-state index is 0.620. The summed E-state index contributed by atoms with van der Waals surface area (Å²) in [5.74, 6) is 0.830. The van der Waals surface area contributed by atoms with Crippen molar-refractivity contribution in [3.63, 3.8) is 0 Å². The number of rotatable bonds is 3. The van der Waals surface area contributed by atoms with Crippen LogP contribution in [0.25, 0.3) is 11.0 Å². The molecular weight excluding hydrogens is 198 g/mol. The smallest absolute Gasteiger partial charge is 0.190 e. The fourth-order valence-corrected chi connectivity index (χ4v) is 1.94. The Balaban J connectivity index is 2.42. The summed E-state index contributed by atoms with van der Waals surface area (Å²) in [5.41, 5.74) is 12.4. The summed E-state index contributed by atoms with van der Waals surface area (Å²) in [6, 6.07) is 5.63. The van der Waals surface area contributed by atoms with Gasteiger partial charge in [0.05, 0.1) is 11.1 Å². The number of aromatic nitrogens is 1. The average Bonchev–Trinajstić information content (AvgIpc) is 2.60. The Hall–Kier alpha value is -1.20. The highest BCUT2D eigenvalue weighted by Gasteiger charge is 2.09. The molecule has 0 aliphatic rings. The molecule has 0 saturated heterocycles. The summed E-state index contributed by atoms with van der Waals surface area (Å²) in [7, 11) is 0. The maximum absolute atomic E-state index is 5.73. The van der Waals surface area contributed by atoms with E-state index >= 15 is 0 Å². The third-order valence-corrected chi connectivity index (χ3v) is 2.86. The predicted octanol–water partition coefficient (Wildman–Crippen LogP) is 1.46. The first kappa shape index (κ1) is 9.36. The number of nitrogens with zero attached hydrogens (tertiary/aromatic N) is 1. The highest BCUT2D eigenvalue weighted by atomic mass is 32.2. The maximum atomic E-state index is 5.73. The number of nitrogens with two attached hydrogens (primary N) is 2. The summed E-state index contributed by atoms with van der Waals surface area (Å²) < 4.78 is 5.14. The number of hydrogen-bond donors (Lipinski definition) is 2. The Bertz CT molecular complexity index is 441. The number of fused-ring (bicyclic) bond motifs is 1. The molecule has 4 nitrogen and oxygen atoms in total. The molecule has 1 heterocycles. The van der Waals surface area contributed by atoms with Gasteiger partial charge < -0.3 is 16.0 Å². The summed E-state index contributed by atoms with van der Waals surface area (Å²) >= 11 is 1.58. The minimum Gasteiger partial charge on any atom is -0.396 e. The number of anilines is 1. The van der Waals surface area contributed by atoms with E-state index in [1.165, 1.54) is 0 Å².